The number of nitrogens with zero attached hydrogens (tertiary/aromatic N) is 2. The maximum Gasteiger partial charge on any atom is 0.312 e. The van der Waals surface area contributed by atoms with Crippen LogP contribution in [-0.4, -0.2) is 71.3 Å². The third kappa shape index (κ3) is 5.73. The number of carbonyl (C=O) groups excluding carboxylic acids is 3. The van der Waals surface area contributed by atoms with Crippen LogP contribution in [0.5, 0.6) is 0 Å². The van der Waals surface area contributed by atoms with Gasteiger partial charge in [-0.25, -0.2) is 0 Å². The first-order valence-electron chi connectivity index (χ1n) is 15.7. The zero-order chi connectivity index (χ0) is 31.4. The van der Waals surface area contributed by atoms with E-state index in [0.717, 1.165) is 35.2 Å². The molecular weight excluding hydrogens is 556 g/mol. The van der Waals surface area contributed by atoms with E-state index >= 15 is 0 Å². The number of benzene rings is 2. The molecule has 8 heteroatoms. The van der Waals surface area contributed by atoms with Gasteiger partial charge in [-0.1, -0.05) is 54.6 Å². The highest BCUT2D eigenvalue weighted by atomic mass is 16.6. The average Bonchev–Trinajstić information content (AvgIpc) is 3.67. The normalized spacial score (nSPS) is 25.9. The Labute approximate surface area is 260 Å². The quantitative estimate of drug-likeness (QED) is 0.192. The fourth-order valence-electron chi connectivity index (χ4n) is 7.42. The van der Waals surface area contributed by atoms with Crippen LogP contribution in [0.25, 0.3) is 0 Å². The van der Waals surface area contributed by atoms with Crippen LogP contribution in [0.1, 0.15) is 48.8 Å². The second-order valence-corrected chi connectivity index (χ2v) is 12.3. The lowest BCUT2D eigenvalue weighted by molar-refractivity contribution is -0.156. The van der Waals surface area contributed by atoms with Crippen LogP contribution < -0.4 is 4.90 Å². The van der Waals surface area contributed by atoms with Crippen molar-refractivity contribution in [2.45, 2.75) is 76.2 Å². The van der Waals surface area contributed by atoms with E-state index in [-0.39, 0.29) is 31.6 Å². The van der Waals surface area contributed by atoms with Gasteiger partial charge in [-0.2, -0.15) is 0 Å². The van der Waals surface area contributed by atoms with E-state index in [9.17, 15) is 19.5 Å². The Balaban J connectivity index is 1.55. The molecule has 1 N–H and O–H groups in total. The summed E-state index contributed by atoms with van der Waals surface area (Å²) < 4.78 is 12.3. The second kappa shape index (κ2) is 13.5. The van der Waals surface area contributed by atoms with Crippen LogP contribution in [0.2, 0.25) is 0 Å². The number of amides is 2. The Hall–Kier alpha value is -3.75. The number of hydrogen-bond donors (Lipinski definition) is 1. The molecule has 234 valence electrons. The molecule has 8 nitrogen and oxygen atoms in total. The van der Waals surface area contributed by atoms with Crippen LogP contribution in [0.4, 0.5) is 5.69 Å². The van der Waals surface area contributed by atoms with Crippen molar-refractivity contribution in [2.24, 2.45) is 11.8 Å². The lowest BCUT2D eigenvalue weighted by Gasteiger charge is -2.39. The number of anilines is 1. The van der Waals surface area contributed by atoms with Gasteiger partial charge in [-0.05, 0) is 75.1 Å². The molecule has 2 amide bonds. The summed E-state index contributed by atoms with van der Waals surface area (Å²) in [6.45, 7) is 11.7. The lowest BCUT2D eigenvalue weighted by Crippen LogP contribution is -2.59. The van der Waals surface area contributed by atoms with Gasteiger partial charge in [-0.15, -0.1) is 13.2 Å². The first-order valence-corrected chi connectivity index (χ1v) is 15.7. The minimum absolute atomic E-state index is 0.227. The summed E-state index contributed by atoms with van der Waals surface area (Å²) in [5.41, 5.74) is 2.36. The van der Waals surface area contributed by atoms with Gasteiger partial charge < -0.3 is 24.4 Å². The number of esters is 1. The molecule has 3 saturated heterocycles. The molecule has 0 aliphatic carbocycles. The summed E-state index contributed by atoms with van der Waals surface area (Å²) in [5.74, 6) is -2.78. The first-order chi connectivity index (χ1) is 21.3. The van der Waals surface area contributed by atoms with Crippen LogP contribution in [0.15, 0.2) is 73.8 Å². The monoisotopic (exact) mass is 600 g/mol. The number of carbonyl (C=O) groups is 3. The number of aryl methyl sites for hydroxylation is 2. The van der Waals surface area contributed by atoms with Crippen molar-refractivity contribution in [3.05, 3.63) is 90.5 Å². The fraction of sp³-hybridized carbons (Fsp3) is 0.472. The predicted octanol–water partition coefficient (Wildman–Crippen LogP) is 4.70. The lowest BCUT2D eigenvalue weighted by atomic mass is 9.70. The van der Waals surface area contributed by atoms with Crippen LogP contribution in [0, 0.1) is 25.7 Å². The Morgan fingerprint density at radius 3 is 2.64 bits per heavy atom. The third-order valence-electron chi connectivity index (χ3n) is 9.44. The topological polar surface area (TPSA) is 96.4 Å². The first kappa shape index (κ1) is 31.7. The molecule has 2 bridgehead atoms. The molecule has 3 heterocycles. The second-order valence-electron chi connectivity index (χ2n) is 12.3. The molecule has 0 saturated carbocycles. The molecule has 1 spiro atoms. The molecule has 3 fully saturated rings. The molecule has 0 aromatic heterocycles. The van der Waals surface area contributed by atoms with Gasteiger partial charge in [0.15, 0.2) is 0 Å². The van der Waals surface area contributed by atoms with Crippen LogP contribution >= 0.6 is 0 Å². The van der Waals surface area contributed by atoms with E-state index in [1.54, 1.807) is 11.0 Å². The summed E-state index contributed by atoms with van der Waals surface area (Å²) in [5, 5.41) is 10.7. The molecule has 2 unspecified atom stereocenters. The van der Waals surface area contributed by atoms with Crippen molar-refractivity contribution in [1.82, 2.24) is 4.90 Å². The highest BCUT2D eigenvalue weighted by molar-refractivity contribution is 6.05. The van der Waals surface area contributed by atoms with E-state index in [4.69, 9.17) is 9.47 Å². The fourth-order valence-corrected chi connectivity index (χ4v) is 7.42. The van der Waals surface area contributed by atoms with Crippen LogP contribution in [-0.2, 0) is 30.3 Å². The van der Waals surface area contributed by atoms with Crippen LogP contribution in [0.3, 0.4) is 0 Å². The SMILES string of the molecule is C=CCCCCOC(=O)[C@@H]1[C@H]2C(=O)N([C@@H](CO)Cc3ccccc3)C(C(=O)N(CC=C)c3cc(C)ccc3C)C23CC[C@H]1O3. The molecule has 3 aliphatic rings. The van der Waals surface area contributed by atoms with E-state index in [1.807, 2.05) is 68.5 Å². The molecular formula is C36H44N2O6. The Kier molecular flexibility index (Phi) is 9.71. The molecule has 5 rings (SSSR count). The van der Waals surface area contributed by atoms with Gasteiger partial charge in [0.05, 0.1) is 37.2 Å². The van der Waals surface area contributed by atoms with Crippen molar-refractivity contribution in [3.8, 4) is 0 Å². The molecule has 0 radical (unpaired) electrons. The molecule has 2 aromatic rings. The number of allylic oxidation sites excluding steroid dienone is 1. The van der Waals surface area contributed by atoms with Gasteiger partial charge in [0.1, 0.15) is 11.6 Å². The summed E-state index contributed by atoms with van der Waals surface area (Å²) >= 11 is 0. The number of aliphatic hydroxyl groups is 1. The number of rotatable bonds is 14. The van der Waals surface area contributed by atoms with Crippen molar-refractivity contribution in [3.63, 3.8) is 0 Å². The number of hydrogen-bond acceptors (Lipinski definition) is 6. The zero-order valence-electron chi connectivity index (χ0n) is 25.8. The van der Waals surface area contributed by atoms with Crippen molar-refractivity contribution in [1.29, 1.82) is 0 Å². The average molecular weight is 601 g/mol. The van der Waals surface area contributed by atoms with E-state index < -0.39 is 41.6 Å². The molecule has 44 heavy (non-hydrogen) atoms. The number of unbranched alkanes of at least 4 members (excludes halogenated alkanes) is 2. The van der Waals surface area contributed by atoms with E-state index in [1.165, 1.54) is 4.90 Å². The van der Waals surface area contributed by atoms with Gasteiger partial charge in [-0.3, -0.25) is 14.4 Å². The molecule has 2 aromatic carbocycles. The minimum atomic E-state index is -1.20. The van der Waals surface area contributed by atoms with E-state index in [0.29, 0.717) is 25.7 Å². The Morgan fingerprint density at radius 2 is 1.93 bits per heavy atom. The Morgan fingerprint density at radius 1 is 1.16 bits per heavy atom. The Bertz CT molecular complexity index is 1390. The summed E-state index contributed by atoms with van der Waals surface area (Å²) in [6, 6.07) is 13.8. The number of ether oxygens (including phenoxy) is 2. The van der Waals surface area contributed by atoms with Gasteiger partial charge in [0.25, 0.3) is 5.91 Å². The van der Waals surface area contributed by atoms with Crippen molar-refractivity contribution >= 4 is 23.5 Å². The number of likely N-dealkylation sites (tertiary alicyclic amines) is 1. The molecule has 3 aliphatic heterocycles. The van der Waals surface area contributed by atoms with Gasteiger partial charge in [0.2, 0.25) is 5.91 Å². The van der Waals surface area contributed by atoms with Crippen molar-refractivity contribution < 1.29 is 29.0 Å². The third-order valence-corrected chi connectivity index (χ3v) is 9.44. The predicted molar refractivity (Wildman–Crippen MR) is 169 cm³/mol. The largest absolute Gasteiger partial charge is 0.465 e. The highest BCUT2D eigenvalue weighted by Gasteiger charge is 2.75. The maximum atomic E-state index is 14.9. The highest BCUT2D eigenvalue weighted by Crippen LogP contribution is 2.59. The van der Waals surface area contributed by atoms with Gasteiger partial charge >= 0.3 is 5.97 Å². The zero-order valence-corrected chi connectivity index (χ0v) is 25.8. The standard InChI is InChI=1S/C36H44N2O6/c1-5-7-8-12-20-43-35(42)30-29-17-18-36(44-29)31(30)33(40)38(27(23-39)22-26-13-10-9-11-14-26)32(36)34(41)37(19-6-2)28-21-24(3)15-16-25(28)4/h5-6,9-11,13-16,21,27,29-32,39H,1-2,7-8,12,17-20,22-23H2,3-4H3/t27-,29-,30+,31+,32?,36?/m1/s1. The number of fused-ring (bicyclic) bond motifs is 1. The molecule has 6 atom stereocenters. The van der Waals surface area contributed by atoms with E-state index in [2.05, 4.69) is 13.2 Å². The maximum absolute atomic E-state index is 14.9. The van der Waals surface area contributed by atoms with Crippen molar-refractivity contribution in [2.75, 3.05) is 24.7 Å². The smallest absolute Gasteiger partial charge is 0.312 e. The van der Waals surface area contributed by atoms with Gasteiger partial charge in [0, 0.05) is 12.2 Å². The number of aliphatic hydroxyl groups excluding tert-OH is 1. The minimum Gasteiger partial charge on any atom is -0.465 e. The summed E-state index contributed by atoms with van der Waals surface area (Å²) in [4.78, 5) is 46.2. The summed E-state index contributed by atoms with van der Waals surface area (Å²) in [7, 11) is 0. The summed E-state index contributed by atoms with van der Waals surface area (Å²) in [6.07, 6.45) is 6.74.